The van der Waals surface area contributed by atoms with E-state index in [2.05, 4.69) is 79.1 Å². The Balaban J connectivity index is 2.03. The summed E-state index contributed by atoms with van der Waals surface area (Å²) in [6.45, 7) is 5.60. The number of amides is 14. The number of aromatic hydroxyl groups is 2. The van der Waals surface area contributed by atoms with E-state index in [0.717, 1.165) is 0 Å². The third kappa shape index (κ3) is 34.4. The Kier molecular flexibility index (Phi) is 37.8. The van der Waals surface area contributed by atoms with E-state index in [-0.39, 0.29) is 81.0 Å². The van der Waals surface area contributed by atoms with E-state index in [1.54, 1.807) is 0 Å². The second-order valence-corrected chi connectivity index (χ2v) is 24.0. The molecule has 14 amide bonds. The Morgan fingerprint density at radius 3 is 1.14 bits per heavy atom. The minimum Gasteiger partial charge on any atom is -0.508 e. The fraction of sp³-hybridized carbons (Fsp3) is 0.532. The zero-order chi connectivity index (χ0) is 76.9. The molecule has 40 nitrogen and oxygen atoms in total. The Morgan fingerprint density at radius 2 is 0.735 bits per heavy atom. The average Bonchev–Trinajstić information content (AvgIpc) is 0.882. The van der Waals surface area contributed by atoms with Gasteiger partial charge in [-0.1, -0.05) is 38.1 Å². The number of carbonyl (C=O) groups is 15. The van der Waals surface area contributed by atoms with Crippen LogP contribution in [0.3, 0.4) is 0 Å². The van der Waals surface area contributed by atoms with Crippen molar-refractivity contribution in [2.45, 2.75) is 166 Å². The van der Waals surface area contributed by atoms with Gasteiger partial charge < -0.3 is 124 Å². The lowest BCUT2D eigenvalue weighted by Gasteiger charge is -2.26. The Bertz CT molecular complexity index is 3290. The van der Waals surface area contributed by atoms with Gasteiger partial charge >= 0.3 is 5.97 Å². The van der Waals surface area contributed by atoms with Crippen molar-refractivity contribution >= 4 is 101 Å². The highest BCUT2D eigenvalue weighted by molar-refractivity contribution is 5.99. The number of primary amides is 1. The summed E-state index contributed by atoms with van der Waals surface area (Å²) in [7, 11) is 0. The summed E-state index contributed by atoms with van der Waals surface area (Å²) in [6, 6.07) is -4.09. The number of benzene rings is 2. The fourth-order valence-corrected chi connectivity index (χ4v) is 9.10. The van der Waals surface area contributed by atoms with Crippen LogP contribution in [0.1, 0.15) is 97.6 Å². The van der Waals surface area contributed by atoms with Gasteiger partial charge in [-0.05, 0) is 108 Å². The Hall–Kier alpha value is -11.5. The van der Waals surface area contributed by atoms with Crippen LogP contribution < -0.4 is 104 Å². The van der Waals surface area contributed by atoms with Crippen LogP contribution in [0.25, 0.3) is 0 Å². The number of phenols is 2. The van der Waals surface area contributed by atoms with E-state index in [1.807, 2.05) is 13.8 Å². The van der Waals surface area contributed by atoms with Crippen LogP contribution in [0.2, 0.25) is 0 Å². The molecule has 0 aliphatic heterocycles. The van der Waals surface area contributed by atoms with Crippen molar-refractivity contribution in [3.63, 3.8) is 0 Å². The molecule has 2 aromatic rings. The molecule has 0 spiro atoms. The van der Waals surface area contributed by atoms with E-state index < -0.39 is 194 Å². The zero-order valence-corrected chi connectivity index (χ0v) is 57.4. The van der Waals surface area contributed by atoms with Crippen LogP contribution in [0.15, 0.2) is 58.5 Å². The van der Waals surface area contributed by atoms with Crippen LogP contribution in [0, 0.1) is 5.92 Å². The molecule has 40 heteroatoms. The molecule has 0 bridgehead atoms. The van der Waals surface area contributed by atoms with Crippen LogP contribution >= 0.6 is 0 Å². The minimum atomic E-state index is -1.68. The van der Waals surface area contributed by atoms with Crippen molar-refractivity contribution in [3.05, 3.63) is 59.7 Å². The molecule has 11 atom stereocenters. The second-order valence-electron chi connectivity index (χ2n) is 24.0. The molecule has 0 heterocycles. The molecule has 2 rings (SSSR count). The van der Waals surface area contributed by atoms with Gasteiger partial charge in [0.25, 0.3) is 0 Å². The second kappa shape index (κ2) is 44.5. The lowest BCUT2D eigenvalue weighted by molar-refractivity contribution is -0.138. The zero-order valence-electron chi connectivity index (χ0n) is 57.4. The molecule has 0 aliphatic rings. The molecule has 564 valence electrons. The molecule has 0 aliphatic carbocycles. The van der Waals surface area contributed by atoms with Crippen molar-refractivity contribution in [2.24, 2.45) is 50.3 Å². The highest BCUT2D eigenvalue weighted by atomic mass is 16.4. The smallest absolute Gasteiger partial charge is 0.303 e. The number of hydrogen-bond acceptors (Lipinski definition) is 21. The van der Waals surface area contributed by atoms with E-state index in [9.17, 15) is 92.3 Å². The van der Waals surface area contributed by atoms with Crippen molar-refractivity contribution in [1.29, 1.82) is 0 Å². The summed E-state index contributed by atoms with van der Waals surface area (Å²) >= 11 is 0. The standard InChI is InChI=1S/C62H97N21O19/c1-30(2)23-39(63)55(97)81-43(24-35-11-15-37(85)16-12-35)59(101)80-41(10-8-22-70-62(67)68)57(99)76-32(4)52(94)73-28-48(89)74-31(3)51(93)72-26-46(87)71-27-47(88)75-33(5)53(95)78-40(9-7-21-69-61(65)66)56(98)77-34(6)54(96)79-42(19-20-49(90)91)58(100)82-44(25-36-13-17-38(86)18-14-36)60(102)83-45(29-84)50(64)92/h11-18,30-34,39-45,84-86H,7-10,19-29,63H2,1-6H3,(H2,64,92)(H,71,87)(H,72,93)(H,73,94)(H,74,89)(H,75,88)(H,76,99)(H,77,98)(H,78,95)(H,79,96)(H,80,101)(H,81,97)(H,82,100)(H,83,102)(H,90,91)(H4,65,66,69)(H4,67,68,70)/t31-,32-,33-,34-,39-,40-,41-,42-,43-,44-,45-/m0/s1. The summed E-state index contributed by atoms with van der Waals surface area (Å²) in [4.78, 5) is 204. The summed E-state index contributed by atoms with van der Waals surface area (Å²) in [5.74, 6) is -15.0. The van der Waals surface area contributed by atoms with Gasteiger partial charge in [-0.3, -0.25) is 81.9 Å². The lowest BCUT2D eigenvalue weighted by atomic mass is 10.0. The minimum absolute atomic E-state index is 0.0364. The summed E-state index contributed by atoms with van der Waals surface area (Å²) < 4.78 is 0. The summed E-state index contributed by atoms with van der Waals surface area (Å²) in [5.41, 5.74) is 34.0. The summed E-state index contributed by atoms with van der Waals surface area (Å²) in [6.07, 6.45) is -1.29. The number of aliphatic hydroxyl groups excluding tert-OH is 1. The number of carboxylic acid groups (broad SMARTS) is 1. The van der Waals surface area contributed by atoms with Gasteiger partial charge in [0, 0.05) is 32.4 Å². The predicted octanol–water partition coefficient (Wildman–Crippen LogP) is -9.02. The van der Waals surface area contributed by atoms with Crippen molar-refractivity contribution in [3.8, 4) is 11.5 Å². The number of guanidine groups is 2. The highest BCUT2D eigenvalue weighted by Gasteiger charge is 2.34. The van der Waals surface area contributed by atoms with Crippen LogP contribution in [0.4, 0.5) is 0 Å². The monoisotopic (exact) mass is 1440 g/mol. The van der Waals surface area contributed by atoms with E-state index in [4.69, 9.17) is 34.4 Å². The maximum absolute atomic E-state index is 13.9. The first-order valence-corrected chi connectivity index (χ1v) is 32.3. The largest absolute Gasteiger partial charge is 0.508 e. The number of carboxylic acids is 1. The van der Waals surface area contributed by atoms with Gasteiger partial charge in [-0.15, -0.1) is 0 Å². The maximum atomic E-state index is 13.9. The number of hydrogen-bond donors (Lipinski definition) is 23. The highest BCUT2D eigenvalue weighted by Crippen LogP contribution is 2.15. The van der Waals surface area contributed by atoms with Gasteiger partial charge in [0.2, 0.25) is 82.7 Å². The first kappa shape index (κ1) is 86.6. The Morgan fingerprint density at radius 1 is 0.402 bits per heavy atom. The van der Waals surface area contributed by atoms with Crippen LogP contribution in [0.5, 0.6) is 11.5 Å². The SMILES string of the molecule is CC(C)C[C@H](N)C(=O)N[C@@H](Cc1ccc(O)cc1)C(=O)N[C@@H](CCCN=C(N)N)C(=O)N[C@@H](C)C(=O)NCC(=O)N[C@@H](C)C(=O)NCC(=O)NCC(=O)N[C@@H](C)C(=O)N[C@@H](CCCN=C(N)N)C(=O)N[C@@H](C)C(=O)N[C@@H](CCC(=O)O)C(=O)N[C@@H](Cc1ccc(O)cc1)C(=O)N[C@@H](CO)C(N)=O. The third-order valence-corrected chi connectivity index (χ3v) is 14.7. The molecule has 102 heavy (non-hydrogen) atoms. The molecule has 0 unspecified atom stereocenters. The Labute approximate surface area is 586 Å². The predicted molar refractivity (Wildman–Crippen MR) is 365 cm³/mol. The third-order valence-electron chi connectivity index (χ3n) is 14.7. The molecule has 0 saturated carbocycles. The topological polar surface area (TPSA) is 674 Å². The van der Waals surface area contributed by atoms with Gasteiger partial charge in [0.15, 0.2) is 11.9 Å². The van der Waals surface area contributed by atoms with Gasteiger partial charge in [-0.25, -0.2) is 0 Å². The average molecular weight is 1440 g/mol. The number of carbonyl (C=O) groups excluding carboxylic acids is 14. The van der Waals surface area contributed by atoms with Crippen molar-refractivity contribution in [1.82, 2.24) is 69.1 Å². The molecule has 0 saturated heterocycles. The van der Waals surface area contributed by atoms with Crippen LogP contribution in [-0.2, 0) is 84.8 Å². The van der Waals surface area contributed by atoms with E-state index >= 15 is 0 Å². The van der Waals surface area contributed by atoms with Crippen molar-refractivity contribution in [2.75, 3.05) is 39.3 Å². The number of aliphatic carboxylic acids is 1. The molecule has 0 radical (unpaired) electrons. The maximum Gasteiger partial charge on any atom is 0.303 e. The molecule has 0 fully saturated rings. The first-order valence-electron chi connectivity index (χ1n) is 32.3. The summed E-state index contributed by atoms with van der Waals surface area (Å²) in [5, 5.41) is 69.5. The van der Waals surface area contributed by atoms with E-state index in [1.165, 1.54) is 76.2 Å². The number of nitrogens with one attached hydrogen (secondary N) is 13. The number of rotatable bonds is 45. The lowest BCUT2D eigenvalue weighted by Crippen LogP contribution is -2.59. The van der Waals surface area contributed by atoms with E-state index in [0.29, 0.717) is 17.5 Å². The van der Waals surface area contributed by atoms with Crippen LogP contribution in [-0.4, -0.2) is 227 Å². The molecule has 29 N–H and O–H groups in total. The first-order chi connectivity index (χ1) is 47.9. The quantitative estimate of drug-likeness (QED) is 0.0166. The number of aliphatic imine (C=N–C) groups is 2. The number of aliphatic hydroxyl groups is 1. The molecular formula is C62H97N21O19. The number of phenolic OH excluding ortho intramolecular Hbond substituents is 2. The van der Waals surface area contributed by atoms with Gasteiger partial charge in [0.1, 0.15) is 71.9 Å². The number of nitrogens with two attached hydrogens (primary N) is 6. The van der Waals surface area contributed by atoms with Crippen molar-refractivity contribution < 1.29 is 92.3 Å². The molecule has 2 aromatic carbocycles. The molecule has 0 aromatic heterocycles. The van der Waals surface area contributed by atoms with Gasteiger partial charge in [0.05, 0.1) is 32.3 Å². The normalized spacial score (nSPS) is 14.0. The van der Waals surface area contributed by atoms with Gasteiger partial charge in [-0.2, -0.15) is 0 Å². The number of nitrogens with zero attached hydrogens (tertiary/aromatic N) is 2. The fourth-order valence-electron chi connectivity index (χ4n) is 9.10. The molecular weight excluding hydrogens is 1340 g/mol.